The Morgan fingerprint density at radius 1 is 1.35 bits per heavy atom. The van der Waals surface area contributed by atoms with Crippen molar-refractivity contribution in [1.82, 2.24) is 14.8 Å². The molecule has 136 valence electrons. The molecule has 0 radical (unpaired) electrons. The quantitative estimate of drug-likeness (QED) is 0.672. The van der Waals surface area contributed by atoms with Crippen molar-refractivity contribution in [2.45, 2.75) is 20.8 Å². The Morgan fingerprint density at radius 2 is 2.12 bits per heavy atom. The summed E-state index contributed by atoms with van der Waals surface area (Å²) in [6, 6.07) is 0. The van der Waals surface area contributed by atoms with Gasteiger partial charge in [0.25, 0.3) is 5.91 Å². The van der Waals surface area contributed by atoms with E-state index in [0.717, 1.165) is 16.0 Å². The molecule has 0 aliphatic heterocycles. The topological polar surface area (TPSA) is 86.1 Å². The average molecular weight is 390 g/mol. The predicted octanol–water partition coefficient (Wildman–Crippen LogP) is 3.65. The van der Waals surface area contributed by atoms with Crippen molar-refractivity contribution in [3.63, 3.8) is 0 Å². The lowest BCUT2D eigenvalue weighted by molar-refractivity contribution is 0.0527. The van der Waals surface area contributed by atoms with Gasteiger partial charge in [-0.3, -0.25) is 9.48 Å². The summed E-state index contributed by atoms with van der Waals surface area (Å²) in [5, 5.41) is 9.80. The molecule has 0 atom stereocenters. The first kappa shape index (κ1) is 18.3. The smallest absolute Gasteiger partial charge is 0.341 e. The zero-order chi connectivity index (χ0) is 18.8. The molecule has 1 amide bonds. The number of anilines is 1. The van der Waals surface area contributed by atoms with Crippen molar-refractivity contribution in [2.24, 2.45) is 7.05 Å². The number of carbonyl (C=O) groups is 2. The average Bonchev–Trinajstić information content (AvgIpc) is 3.28. The highest BCUT2D eigenvalue weighted by atomic mass is 32.1. The molecule has 1 N–H and O–H groups in total. The molecular formula is C17H18N4O3S2. The van der Waals surface area contributed by atoms with Crippen LogP contribution in [0.1, 0.15) is 38.2 Å². The molecule has 0 saturated heterocycles. The minimum Gasteiger partial charge on any atom is -0.462 e. The van der Waals surface area contributed by atoms with Gasteiger partial charge in [0.1, 0.15) is 15.7 Å². The van der Waals surface area contributed by atoms with Gasteiger partial charge in [0.2, 0.25) is 0 Å². The fourth-order valence-electron chi connectivity index (χ4n) is 2.37. The molecule has 3 rings (SSSR count). The lowest BCUT2D eigenvalue weighted by atomic mass is 10.1. The molecule has 3 aromatic rings. The SMILES string of the molecule is CCOC(=O)c1c(NC(=O)c2csc(-c3cnn(C)c3)n2)sc(C)c1C. The second-order valence-electron chi connectivity index (χ2n) is 5.60. The molecule has 26 heavy (non-hydrogen) atoms. The Morgan fingerprint density at radius 3 is 2.77 bits per heavy atom. The molecule has 0 aliphatic rings. The Bertz CT molecular complexity index is 971. The molecule has 3 aromatic heterocycles. The minimum atomic E-state index is -0.432. The number of hydrogen-bond acceptors (Lipinski definition) is 7. The van der Waals surface area contributed by atoms with E-state index < -0.39 is 5.97 Å². The minimum absolute atomic E-state index is 0.279. The van der Waals surface area contributed by atoms with E-state index in [-0.39, 0.29) is 12.5 Å². The van der Waals surface area contributed by atoms with E-state index in [2.05, 4.69) is 15.4 Å². The van der Waals surface area contributed by atoms with Gasteiger partial charge in [-0.05, 0) is 26.3 Å². The van der Waals surface area contributed by atoms with Gasteiger partial charge in [0, 0.05) is 29.1 Å². The van der Waals surface area contributed by atoms with Crippen molar-refractivity contribution >= 4 is 39.6 Å². The number of aryl methyl sites for hydroxylation is 2. The van der Waals surface area contributed by atoms with E-state index >= 15 is 0 Å². The third-order valence-electron chi connectivity index (χ3n) is 3.78. The fraction of sp³-hybridized carbons (Fsp3) is 0.294. The summed E-state index contributed by atoms with van der Waals surface area (Å²) in [6.07, 6.45) is 3.54. The van der Waals surface area contributed by atoms with Crippen LogP contribution in [0, 0.1) is 13.8 Å². The van der Waals surface area contributed by atoms with E-state index in [0.29, 0.717) is 21.3 Å². The van der Waals surface area contributed by atoms with E-state index in [1.54, 1.807) is 23.2 Å². The van der Waals surface area contributed by atoms with Crippen LogP contribution < -0.4 is 5.32 Å². The van der Waals surface area contributed by atoms with Gasteiger partial charge >= 0.3 is 5.97 Å². The highest BCUT2D eigenvalue weighted by Gasteiger charge is 2.23. The number of nitrogens with zero attached hydrogens (tertiary/aromatic N) is 3. The van der Waals surface area contributed by atoms with Crippen LogP contribution in [0.2, 0.25) is 0 Å². The highest BCUT2D eigenvalue weighted by Crippen LogP contribution is 2.33. The molecule has 3 heterocycles. The van der Waals surface area contributed by atoms with Gasteiger partial charge in [-0.15, -0.1) is 22.7 Å². The second-order valence-corrected chi connectivity index (χ2v) is 7.69. The van der Waals surface area contributed by atoms with Gasteiger partial charge < -0.3 is 10.1 Å². The molecule has 9 heteroatoms. The number of aromatic nitrogens is 3. The Hall–Kier alpha value is -2.52. The van der Waals surface area contributed by atoms with E-state index in [4.69, 9.17) is 4.74 Å². The van der Waals surface area contributed by atoms with Gasteiger partial charge in [-0.25, -0.2) is 9.78 Å². The summed E-state index contributed by atoms with van der Waals surface area (Å²) in [4.78, 5) is 30.1. The van der Waals surface area contributed by atoms with Crippen LogP contribution in [-0.4, -0.2) is 33.2 Å². The summed E-state index contributed by atoms with van der Waals surface area (Å²) in [7, 11) is 1.82. The fourth-order valence-corrected chi connectivity index (χ4v) is 4.19. The number of esters is 1. The van der Waals surface area contributed by atoms with Crippen molar-refractivity contribution < 1.29 is 14.3 Å². The first-order valence-electron chi connectivity index (χ1n) is 7.93. The lowest BCUT2D eigenvalue weighted by Crippen LogP contribution is -2.15. The number of carbonyl (C=O) groups excluding carboxylic acids is 2. The zero-order valence-corrected chi connectivity index (χ0v) is 16.5. The van der Waals surface area contributed by atoms with Crippen molar-refractivity contribution in [1.29, 1.82) is 0 Å². The number of nitrogens with one attached hydrogen (secondary N) is 1. The number of hydrogen-bond donors (Lipinski definition) is 1. The summed E-state index contributed by atoms with van der Waals surface area (Å²) < 4.78 is 6.79. The van der Waals surface area contributed by atoms with Crippen molar-refractivity contribution in [3.8, 4) is 10.6 Å². The first-order valence-corrected chi connectivity index (χ1v) is 9.63. The lowest BCUT2D eigenvalue weighted by Gasteiger charge is -2.06. The molecule has 0 spiro atoms. The molecule has 7 nitrogen and oxygen atoms in total. The molecule has 0 aromatic carbocycles. The predicted molar refractivity (Wildman–Crippen MR) is 102 cm³/mol. The molecule has 0 aliphatic carbocycles. The van der Waals surface area contributed by atoms with Crippen LogP contribution in [0.4, 0.5) is 5.00 Å². The Balaban J connectivity index is 1.84. The van der Waals surface area contributed by atoms with Gasteiger partial charge in [0.15, 0.2) is 0 Å². The number of amides is 1. The zero-order valence-electron chi connectivity index (χ0n) is 14.8. The van der Waals surface area contributed by atoms with Crippen LogP contribution >= 0.6 is 22.7 Å². The Kier molecular flexibility index (Phi) is 5.19. The van der Waals surface area contributed by atoms with Crippen LogP contribution in [0.25, 0.3) is 10.6 Å². The number of thiazole rings is 1. The molecular weight excluding hydrogens is 372 g/mol. The van der Waals surface area contributed by atoms with Crippen LogP contribution in [0.5, 0.6) is 0 Å². The van der Waals surface area contributed by atoms with Crippen molar-refractivity contribution in [3.05, 3.63) is 39.5 Å². The molecule has 0 unspecified atom stereocenters. The van der Waals surface area contributed by atoms with Gasteiger partial charge in [0.05, 0.1) is 18.4 Å². The largest absolute Gasteiger partial charge is 0.462 e. The third kappa shape index (κ3) is 3.54. The van der Waals surface area contributed by atoms with Gasteiger partial charge in [-0.1, -0.05) is 0 Å². The highest BCUT2D eigenvalue weighted by molar-refractivity contribution is 7.17. The van der Waals surface area contributed by atoms with E-state index in [1.807, 2.05) is 27.1 Å². The monoisotopic (exact) mass is 390 g/mol. The summed E-state index contributed by atoms with van der Waals surface area (Å²) in [5.74, 6) is -0.790. The Labute approximate surface area is 158 Å². The van der Waals surface area contributed by atoms with Gasteiger partial charge in [-0.2, -0.15) is 5.10 Å². The third-order valence-corrected chi connectivity index (χ3v) is 5.79. The first-order chi connectivity index (χ1) is 12.4. The summed E-state index contributed by atoms with van der Waals surface area (Å²) in [5.41, 5.74) is 2.38. The van der Waals surface area contributed by atoms with Crippen LogP contribution in [0.3, 0.4) is 0 Å². The number of ether oxygens (including phenoxy) is 1. The second kappa shape index (κ2) is 7.38. The van der Waals surface area contributed by atoms with E-state index in [1.165, 1.54) is 22.7 Å². The normalized spacial score (nSPS) is 10.8. The maximum atomic E-state index is 12.6. The van der Waals surface area contributed by atoms with Crippen molar-refractivity contribution in [2.75, 3.05) is 11.9 Å². The number of rotatable bonds is 5. The summed E-state index contributed by atoms with van der Waals surface area (Å²) in [6.45, 7) is 5.78. The van der Waals surface area contributed by atoms with Crippen LogP contribution in [-0.2, 0) is 11.8 Å². The number of thiophene rings is 1. The molecule has 0 saturated carbocycles. The molecule has 0 bridgehead atoms. The standard InChI is InChI=1S/C17H18N4O3S2/c1-5-24-17(23)13-9(2)10(3)26-16(13)20-14(22)12-8-25-15(19-12)11-6-18-21(4)7-11/h6-8H,5H2,1-4H3,(H,20,22). The molecule has 0 fully saturated rings. The van der Waals surface area contributed by atoms with Crippen LogP contribution in [0.15, 0.2) is 17.8 Å². The maximum absolute atomic E-state index is 12.6. The van der Waals surface area contributed by atoms with E-state index in [9.17, 15) is 9.59 Å². The summed E-state index contributed by atoms with van der Waals surface area (Å²) >= 11 is 2.72. The maximum Gasteiger partial charge on any atom is 0.341 e.